The van der Waals surface area contributed by atoms with E-state index in [4.69, 9.17) is 11.6 Å². The maximum atomic E-state index is 6.56. The number of aryl methyl sites for hydroxylation is 3. The molecule has 0 aliphatic carbocycles. The maximum absolute atomic E-state index is 6.56. The average molecular weight is 259 g/mol. The molecule has 1 unspecified atom stereocenters. The molecule has 2 aromatic carbocycles. The Kier molecular flexibility index (Phi) is 4.08. The molecule has 0 radical (unpaired) electrons. The summed E-state index contributed by atoms with van der Waals surface area (Å²) in [6.45, 7) is 6.38. The highest BCUT2D eigenvalue weighted by atomic mass is 35.5. The molecular weight excluding hydrogens is 240 g/mol. The van der Waals surface area contributed by atoms with Crippen molar-refractivity contribution in [3.63, 3.8) is 0 Å². The minimum Gasteiger partial charge on any atom is -0.117 e. The van der Waals surface area contributed by atoms with E-state index in [1.165, 1.54) is 27.8 Å². The maximum Gasteiger partial charge on any atom is 0.0625 e. The van der Waals surface area contributed by atoms with Crippen LogP contribution in [0, 0.1) is 20.8 Å². The van der Waals surface area contributed by atoms with Gasteiger partial charge < -0.3 is 0 Å². The molecule has 0 bridgehead atoms. The SMILES string of the molecule is Cc1cc(C)cc(C(Cl)Cc2ccccc2C)c1. The second kappa shape index (κ2) is 5.58. The summed E-state index contributed by atoms with van der Waals surface area (Å²) in [5, 5.41) is 0.0460. The molecule has 0 heterocycles. The molecule has 0 N–H and O–H groups in total. The minimum absolute atomic E-state index is 0.0460. The first-order valence-corrected chi connectivity index (χ1v) is 6.76. The van der Waals surface area contributed by atoms with Gasteiger partial charge in [-0.15, -0.1) is 11.6 Å². The van der Waals surface area contributed by atoms with Gasteiger partial charge in [-0.3, -0.25) is 0 Å². The van der Waals surface area contributed by atoms with Crippen LogP contribution in [0.25, 0.3) is 0 Å². The van der Waals surface area contributed by atoms with Crippen LogP contribution in [0.5, 0.6) is 0 Å². The number of hydrogen-bond acceptors (Lipinski definition) is 0. The van der Waals surface area contributed by atoms with Crippen molar-refractivity contribution >= 4 is 11.6 Å². The van der Waals surface area contributed by atoms with Crippen molar-refractivity contribution in [3.8, 4) is 0 Å². The van der Waals surface area contributed by atoms with E-state index in [9.17, 15) is 0 Å². The monoisotopic (exact) mass is 258 g/mol. The molecule has 0 aliphatic heterocycles. The summed E-state index contributed by atoms with van der Waals surface area (Å²) in [5.41, 5.74) is 6.42. The summed E-state index contributed by atoms with van der Waals surface area (Å²) < 4.78 is 0. The lowest BCUT2D eigenvalue weighted by Gasteiger charge is -2.13. The van der Waals surface area contributed by atoms with Crippen molar-refractivity contribution in [1.82, 2.24) is 0 Å². The standard InChI is InChI=1S/C17H19Cl/c1-12-8-13(2)10-16(9-12)17(18)11-15-7-5-4-6-14(15)3/h4-10,17H,11H2,1-3H3. The highest BCUT2D eigenvalue weighted by molar-refractivity contribution is 6.21. The summed E-state index contributed by atoms with van der Waals surface area (Å²) in [5.74, 6) is 0. The fourth-order valence-corrected chi connectivity index (χ4v) is 2.63. The van der Waals surface area contributed by atoms with Gasteiger partial charge in [0.2, 0.25) is 0 Å². The fraction of sp³-hybridized carbons (Fsp3) is 0.294. The molecule has 0 nitrogen and oxygen atoms in total. The van der Waals surface area contributed by atoms with Gasteiger partial charge in [-0.05, 0) is 43.9 Å². The smallest absolute Gasteiger partial charge is 0.0625 e. The van der Waals surface area contributed by atoms with Gasteiger partial charge in [0.1, 0.15) is 0 Å². The third-order valence-electron chi connectivity index (χ3n) is 3.27. The molecular formula is C17H19Cl. The Balaban J connectivity index is 2.22. The lowest BCUT2D eigenvalue weighted by atomic mass is 9.98. The summed E-state index contributed by atoms with van der Waals surface area (Å²) in [6.07, 6.45) is 0.886. The number of benzene rings is 2. The van der Waals surface area contributed by atoms with Crippen molar-refractivity contribution in [2.75, 3.05) is 0 Å². The van der Waals surface area contributed by atoms with Crippen LogP contribution in [0.4, 0.5) is 0 Å². The summed E-state index contributed by atoms with van der Waals surface area (Å²) >= 11 is 6.56. The Morgan fingerprint density at radius 1 is 0.944 bits per heavy atom. The molecule has 0 spiro atoms. The molecule has 0 saturated heterocycles. The van der Waals surface area contributed by atoms with E-state index in [1.807, 2.05) is 0 Å². The molecule has 0 aliphatic rings. The quantitative estimate of drug-likeness (QED) is 0.669. The number of hydrogen-bond donors (Lipinski definition) is 0. The molecule has 0 amide bonds. The fourth-order valence-electron chi connectivity index (χ4n) is 2.34. The Bertz CT molecular complexity index is 523. The first kappa shape index (κ1) is 13.2. The van der Waals surface area contributed by atoms with Crippen LogP contribution in [0.3, 0.4) is 0 Å². The molecule has 2 rings (SSSR count). The third kappa shape index (κ3) is 3.14. The van der Waals surface area contributed by atoms with Gasteiger partial charge in [0, 0.05) is 0 Å². The summed E-state index contributed by atoms with van der Waals surface area (Å²) in [4.78, 5) is 0. The van der Waals surface area contributed by atoms with E-state index in [0.717, 1.165) is 6.42 Å². The topological polar surface area (TPSA) is 0 Å². The van der Waals surface area contributed by atoms with Crippen LogP contribution in [0.15, 0.2) is 42.5 Å². The van der Waals surface area contributed by atoms with Crippen LogP contribution in [-0.2, 0) is 6.42 Å². The normalized spacial score (nSPS) is 12.4. The molecule has 0 fully saturated rings. The van der Waals surface area contributed by atoms with E-state index in [0.29, 0.717) is 0 Å². The van der Waals surface area contributed by atoms with E-state index in [2.05, 4.69) is 63.2 Å². The van der Waals surface area contributed by atoms with Crippen molar-refractivity contribution < 1.29 is 0 Å². The second-order valence-corrected chi connectivity index (χ2v) is 5.55. The number of alkyl halides is 1. The van der Waals surface area contributed by atoms with Crippen molar-refractivity contribution in [2.24, 2.45) is 0 Å². The Labute approximate surface area is 115 Å². The van der Waals surface area contributed by atoms with Gasteiger partial charge in [-0.25, -0.2) is 0 Å². The van der Waals surface area contributed by atoms with E-state index in [-0.39, 0.29) is 5.38 Å². The Morgan fingerprint density at radius 3 is 2.17 bits per heavy atom. The van der Waals surface area contributed by atoms with Crippen LogP contribution in [0.2, 0.25) is 0 Å². The lowest BCUT2D eigenvalue weighted by molar-refractivity contribution is 0.907. The van der Waals surface area contributed by atoms with Crippen LogP contribution in [0.1, 0.15) is 33.2 Å². The van der Waals surface area contributed by atoms with E-state index in [1.54, 1.807) is 0 Å². The van der Waals surface area contributed by atoms with Gasteiger partial charge in [0.15, 0.2) is 0 Å². The predicted molar refractivity (Wildman–Crippen MR) is 79.4 cm³/mol. The Hall–Kier alpha value is -1.27. The van der Waals surface area contributed by atoms with E-state index >= 15 is 0 Å². The van der Waals surface area contributed by atoms with Crippen molar-refractivity contribution in [1.29, 1.82) is 0 Å². The largest absolute Gasteiger partial charge is 0.117 e. The van der Waals surface area contributed by atoms with Gasteiger partial charge in [0.05, 0.1) is 5.38 Å². The molecule has 18 heavy (non-hydrogen) atoms. The van der Waals surface area contributed by atoms with Gasteiger partial charge in [-0.2, -0.15) is 0 Å². The Morgan fingerprint density at radius 2 is 1.56 bits per heavy atom. The van der Waals surface area contributed by atoms with Gasteiger partial charge >= 0.3 is 0 Å². The van der Waals surface area contributed by atoms with Crippen LogP contribution < -0.4 is 0 Å². The highest BCUT2D eigenvalue weighted by Gasteiger charge is 2.11. The van der Waals surface area contributed by atoms with Crippen LogP contribution in [-0.4, -0.2) is 0 Å². The zero-order valence-electron chi connectivity index (χ0n) is 11.2. The molecule has 1 atom stereocenters. The zero-order chi connectivity index (χ0) is 13.1. The van der Waals surface area contributed by atoms with Gasteiger partial charge in [-0.1, -0.05) is 53.6 Å². The molecule has 0 saturated carbocycles. The zero-order valence-corrected chi connectivity index (χ0v) is 12.0. The van der Waals surface area contributed by atoms with Crippen LogP contribution >= 0.6 is 11.6 Å². The summed E-state index contributed by atoms with van der Waals surface area (Å²) in [7, 11) is 0. The summed E-state index contributed by atoms with van der Waals surface area (Å²) in [6, 6.07) is 15.0. The highest BCUT2D eigenvalue weighted by Crippen LogP contribution is 2.27. The lowest BCUT2D eigenvalue weighted by Crippen LogP contribution is -1.99. The number of halogens is 1. The first-order chi connectivity index (χ1) is 8.56. The molecule has 2 aromatic rings. The van der Waals surface area contributed by atoms with E-state index < -0.39 is 0 Å². The molecule has 94 valence electrons. The number of rotatable bonds is 3. The minimum atomic E-state index is 0.0460. The average Bonchev–Trinajstić information content (AvgIpc) is 2.31. The second-order valence-electron chi connectivity index (χ2n) is 5.02. The first-order valence-electron chi connectivity index (χ1n) is 6.33. The molecule has 1 heteroatoms. The van der Waals surface area contributed by atoms with Crippen molar-refractivity contribution in [2.45, 2.75) is 32.6 Å². The molecule has 0 aromatic heterocycles. The third-order valence-corrected chi connectivity index (χ3v) is 3.67. The van der Waals surface area contributed by atoms with Crippen molar-refractivity contribution in [3.05, 3.63) is 70.3 Å². The predicted octanol–water partition coefficient (Wildman–Crippen LogP) is 5.13. The van der Waals surface area contributed by atoms with Gasteiger partial charge in [0.25, 0.3) is 0 Å².